The Balaban J connectivity index is 2.12. The number of nitrogens with one attached hydrogen (secondary N) is 2. The van der Waals surface area contributed by atoms with Crippen LogP contribution in [0, 0.1) is 12.7 Å². The van der Waals surface area contributed by atoms with Crippen LogP contribution >= 0.6 is 0 Å². The summed E-state index contributed by atoms with van der Waals surface area (Å²) in [5.41, 5.74) is 4.24. The number of hydrogen-bond donors (Lipinski definition) is 3. The molecule has 0 saturated heterocycles. The molecule has 0 amide bonds. The molecule has 8 heteroatoms. The molecule has 7 nitrogen and oxygen atoms in total. The molecule has 4 N–H and O–H groups in total. The fourth-order valence-electron chi connectivity index (χ4n) is 1.46. The summed E-state index contributed by atoms with van der Waals surface area (Å²) in [5.74, 6) is 4.89. The van der Waals surface area contributed by atoms with Gasteiger partial charge in [-0.25, -0.2) is 15.2 Å². The molecule has 0 aliphatic rings. The van der Waals surface area contributed by atoms with Crippen molar-refractivity contribution >= 4 is 11.8 Å². The minimum atomic E-state index is -0.532. The van der Waals surface area contributed by atoms with Crippen molar-refractivity contribution in [3.8, 4) is 0 Å². The van der Waals surface area contributed by atoms with Gasteiger partial charge in [0.05, 0.1) is 12.4 Å². The molecule has 0 bridgehead atoms. The van der Waals surface area contributed by atoms with E-state index in [2.05, 4.69) is 25.8 Å². The van der Waals surface area contributed by atoms with Crippen LogP contribution in [0.5, 0.6) is 0 Å². The molecule has 0 aromatic carbocycles. The van der Waals surface area contributed by atoms with E-state index < -0.39 is 5.82 Å². The van der Waals surface area contributed by atoms with Gasteiger partial charge in [0, 0.05) is 24.8 Å². The number of aromatic nitrogens is 4. The lowest BCUT2D eigenvalue weighted by Crippen LogP contribution is -2.13. The van der Waals surface area contributed by atoms with Crippen LogP contribution < -0.4 is 16.6 Å². The molecule has 0 aliphatic heterocycles. The molecule has 0 radical (unpaired) electrons. The molecule has 2 rings (SSSR count). The minimum Gasteiger partial charge on any atom is -0.363 e. The zero-order chi connectivity index (χ0) is 13.1. The molecule has 0 spiro atoms. The van der Waals surface area contributed by atoms with Crippen molar-refractivity contribution in [3.05, 3.63) is 29.5 Å². The van der Waals surface area contributed by atoms with Gasteiger partial charge in [0.25, 0.3) is 0 Å². The Bertz CT molecular complexity index is 551. The number of aryl methyl sites for hydroxylation is 1. The van der Waals surface area contributed by atoms with Gasteiger partial charge in [-0.15, -0.1) is 0 Å². The normalized spacial score (nSPS) is 10.4. The predicted octanol–water partition coefficient (Wildman–Crippen LogP) is 0.555. The fourth-order valence-corrected chi connectivity index (χ4v) is 1.46. The van der Waals surface area contributed by atoms with Crippen molar-refractivity contribution in [3.63, 3.8) is 0 Å². The first-order valence-electron chi connectivity index (χ1n) is 5.32. The van der Waals surface area contributed by atoms with E-state index in [9.17, 15) is 4.39 Å². The maximum atomic E-state index is 13.4. The van der Waals surface area contributed by atoms with Gasteiger partial charge in [-0.3, -0.25) is 10.1 Å². The Morgan fingerprint density at radius 3 is 2.83 bits per heavy atom. The number of nitrogens with zero attached hydrogens (tertiary/aromatic N) is 4. The summed E-state index contributed by atoms with van der Waals surface area (Å²) in [5, 5.41) is 6.99. The highest BCUT2D eigenvalue weighted by Gasteiger charge is 2.08. The van der Waals surface area contributed by atoms with Gasteiger partial charge in [0.15, 0.2) is 11.6 Å². The largest absolute Gasteiger partial charge is 0.363 e. The molecule has 0 fully saturated rings. The van der Waals surface area contributed by atoms with E-state index in [0.717, 1.165) is 17.5 Å². The lowest BCUT2D eigenvalue weighted by molar-refractivity contribution is 0.617. The maximum Gasteiger partial charge on any atom is 0.239 e. The highest BCUT2D eigenvalue weighted by atomic mass is 19.1. The van der Waals surface area contributed by atoms with Crippen LogP contribution in [-0.4, -0.2) is 19.7 Å². The van der Waals surface area contributed by atoms with Gasteiger partial charge in [-0.05, 0) is 6.92 Å². The second kappa shape index (κ2) is 4.96. The van der Waals surface area contributed by atoms with Gasteiger partial charge in [-0.2, -0.15) is 10.1 Å². The molecule has 18 heavy (non-hydrogen) atoms. The highest BCUT2D eigenvalue weighted by molar-refractivity contribution is 5.41. The number of nitrogens with two attached hydrogens (primary N) is 1. The lowest BCUT2D eigenvalue weighted by atomic mass is 10.2. The summed E-state index contributed by atoms with van der Waals surface area (Å²) in [6.45, 7) is 2.37. The third-order valence-corrected chi connectivity index (χ3v) is 2.66. The minimum absolute atomic E-state index is 0.0983. The van der Waals surface area contributed by atoms with E-state index in [-0.39, 0.29) is 11.8 Å². The van der Waals surface area contributed by atoms with Crippen LogP contribution in [0.15, 0.2) is 12.4 Å². The van der Waals surface area contributed by atoms with Gasteiger partial charge in [0.2, 0.25) is 5.95 Å². The quantitative estimate of drug-likeness (QED) is 0.543. The molecule has 96 valence electrons. The smallest absolute Gasteiger partial charge is 0.239 e. The first-order chi connectivity index (χ1) is 8.61. The zero-order valence-corrected chi connectivity index (χ0v) is 10.1. The first kappa shape index (κ1) is 12.2. The standard InChI is InChI=1S/C10H14FN7/c1-6-7(4-15-18(6)2)3-13-9-8(11)5-14-10(16-9)17-12/h4-5H,3,12H2,1-2H3,(H2,13,14,16,17). The second-order valence-electron chi connectivity index (χ2n) is 3.77. The number of hydrogen-bond acceptors (Lipinski definition) is 6. The van der Waals surface area contributed by atoms with E-state index in [0.29, 0.717) is 6.54 Å². The summed E-state index contributed by atoms with van der Waals surface area (Å²) in [6.07, 6.45) is 2.78. The maximum absolute atomic E-state index is 13.4. The Hall–Kier alpha value is -2.22. The van der Waals surface area contributed by atoms with Crippen molar-refractivity contribution in [1.82, 2.24) is 19.7 Å². The van der Waals surface area contributed by atoms with Crippen LogP contribution in [0.3, 0.4) is 0 Å². The molecule has 0 unspecified atom stereocenters. The molecule has 2 heterocycles. The van der Waals surface area contributed by atoms with Crippen LogP contribution in [0.4, 0.5) is 16.2 Å². The summed E-state index contributed by atoms with van der Waals surface area (Å²) in [7, 11) is 1.85. The van der Waals surface area contributed by atoms with Crippen molar-refractivity contribution in [2.24, 2.45) is 12.9 Å². The van der Waals surface area contributed by atoms with Gasteiger partial charge < -0.3 is 5.32 Å². The number of hydrazine groups is 1. The zero-order valence-electron chi connectivity index (χ0n) is 10.1. The van der Waals surface area contributed by atoms with Crippen LogP contribution in [0.2, 0.25) is 0 Å². The van der Waals surface area contributed by atoms with Crippen molar-refractivity contribution in [1.29, 1.82) is 0 Å². The average molecular weight is 251 g/mol. The molecule has 2 aromatic heterocycles. The molecule has 2 aromatic rings. The topological polar surface area (TPSA) is 93.7 Å². The SMILES string of the molecule is Cc1c(CNc2nc(NN)ncc2F)cnn1C. The molecule has 0 atom stereocenters. The predicted molar refractivity (Wildman–Crippen MR) is 65.1 cm³/mol. The van der Waals surface area contributed by atoms with E-state index in [4.69, 9.17) is 5.84 Å². The van der Waals surface area contributed by atoms with Crippen LogP contribution in [0.25, 0.3) is 0 Å². The fraction of sp³-hybridized carbons (Fsp3) is 0.300. The third kappa shape index (κ3) is 2.38. The van der Waals surface area contributed by atoms with E-state index >= 15 is 0 Å². The Morgan fingerprint density at radius 1 is 1.44 bits per heavy atom. The third-order valence-electron chi connectivity index (χ3n) is 2.66. The lowest BCUT2D eigenvalue weighted by Gasteiger charge is -2.07. The van der Waals surface area contributed by atoms with Gasteiger partial charge in [0.1, 0.15) is 0 Å². The van der Waals surface area contributed by atoms with Crippen LogP contribution in [-0.2, 0) is 13.6 Å². The number of rotatable bonds is 4. The second-order valence-corrected chi connectivity index (χ2v) is 3.77. The first-order valence-corrected chi connectivity index (χ1v) is 5.32. The molecular formula is C10H14FN7. The van der Waals surface area contributed by atoms with Gasteiger partial charge >= 0.3 is 0 Å². The summed E-state index contributed by atoms with van der Waals surface area (Å²) in [6, 6.07) is 0. The summed E-state index contributed by atoms with van der Waals surface area (Å²) < 4.78 is 15.2. The average Bonchev–Trinajstić information content (AvgIpc) is 2.69. The van der Waals surface area contributed by atoms with Crippen molar-refractivity contribution in [2.45, 2.75) is 13.5 Å². The van der Waals surface area contributed by atoms with E-state index in [1.165, 1.54) is 0 Å². The highest BCUT2D eigenvalue weighted by Crippen LogP contribution is 2.14. The number of nitrogen functional groups attached to an aromatic ring is 1. The Kier molecular flexibility index (Phi) is 3.38. The summed E-state index contributed by atoms with van der Waals surface area (Å²) in [4.78, 5) is 7.54. The molecule has 0 saturated carbocycles. The van der Waals surface area contributed by atoms with E-state index in [1.54, 1.807) is 10.9 Å². The number of halogens is 1. The monoisotopic (exact) mass is 251 g/mol. The molecule has 0 aliphatic carbocycles. The Labute approximate surface area is 103 Å². The van der Waals surface area contributed by atoms with Crippen LogP contribution in [0.1, 0.15) is 11.3 Å². The van der Waals surface area contributed by atoms with Crippen molar-refractivity contribution < 1.29 is 4.39 Å². The van der Waals surface area contributed by atoms with Gasteiger partial charge in [-0.1, -0.05) is 0 Å². The van der Waals surface area contributed by atoms with E-state index in [1.807, 2.05) is 14.0 Å². The molecular weight excluding hydrogens is 237 g/mol. The number of anilines is 2. The summed E-state index contributed by atoms with van der Waals surface area (Å²) >= 11 is 0. The van der Waals surface area contributed by atoms with Crippen molar-refractivity contribution in [2.75, 3.05) is 10.7 Å². The Morgan fingerprint density at radius 2 is 2.22 bits per heavy atom.